The highest BCUT2D eigenvalue weighted by Crippen LogP contribution is 2.40. The Bertz CT molecular complexity index is 619. The molecule has 0 bridgehead atoms. The van der Waals surface area contributed by atoms with Gasteiger partial charge in [-0.2, -0.15) is 23.5 Å². The largest absolute Gasteiger partial charge is 0.417 e. The van der Waals surface area contributed by atoms with Gasteiger partial charge in [-0.15, -0.1) is 0 Å². The van der Waals surface area contributed by atoms with E-state index in [0.29, 0.717) is 6.07 Å². The van der Waals surface area contributed by atoms with Gasteiger partial charge >= 0.3 is 6.18 Å². The number of nitrogens with two attached hydrogens (primary N) is 1. The summed E-state index contributed by atoms with van der Waals surface area (Å²) in [6.07, 6.45) is -4.69. The molecule has 1 aromatic rings. The van der Waals surface area contributed by atoms with Gasteiger partial charge in [0.1, 0.15) is 6.07 Å². The van der Waals surface area contributed by atoms with E-state index in [-0.39, 0.29) is 10.7 Å². The van der Waals surface area contributed by atoms with Crippen LogP contribution < -0.4 is 11.2 Å². The molecule has 10 heteroatoms. The number of benzene rings is 1. The molecule has 0 spiro atoms. The van der Waals surface area contributed by atoms with Gasteiger partial charge in [-0.05, 0) is 12.1 Å². The lowest BCUT2D eigenvalue weighted by molar-refractivity contribution is -0.137. The number of hydrogen-bond donors (Lipinski definition) is 3. The molecule has 0 fully saturated rings. The minimum atomic E-state index is -4.69. The molecule has 0 atom stereocenters. The van der Waals surface area contributed by atoms with E-state index in [1.165, 1.54) is 6.07 Å². The zero-order chi connectivity index (χ0) is 15.5. The molecule has 5 nitrogen and oxygen atoms in total. The molecule has 0 saturated carbocycles. The Morgan fingerprint density at radius 2 is 2.00 bits per heavy atom. The number of rotatable bonds is 3. The second kappa shape index (κ2) is 5.98. The standard InChI is InChI=1S/C10H6Cl2F3N5/c11-4-1-5(10(13,14)15)8(12)6(2-4)19-20-7(3-16)9(17)18/h1-2,19H,(H3,17,18)/b20-7+. The van der Waals surface area contributed by atoms with Crippen molar-refractivity contribution in [1.29, 1.82) is 10.7 Å². The summed E-state index contributed by atoms with van der Waals surface area (Å²) in [6, 6.07) is 3.25. The first kappa shape index (κ1) is 16.1. The minimum absolute atomic E-state index is 0.222. The quantitative estimate of drug-likeness (QED) is 0.452. The maximum Gasteiger partial charge on any atom is 0.417 e. The molecule has 0 aliphatic carbocycles. The monoisotopic (exact) mass is 323 g/mol. The van der Waals surface area contributed by atoms with Crippen molar-refractivity contribution in [2.24, 2.45) is 10.8 Å². The van der Waals surface area contributed by atoms with Crippen molar-refractivity contribution in [2.45, 2.75) is 6.18 Å². The number of hydrazone groups is 1. The summed E-state index contributed by atoms with van der Waals surface area (Å²) in [4.78, 5) is 0. The molecule has 0 aliphatic heterocycles. The molecule has 0 saturated heterocycles. The molecule has 0 aromatic heterocycles. The number of alkyl halides is 3. The Kier molecular flexibility index (Phi) is 4.81. The van der Waals surface area contributed by atoms with E-state index in [4.69, 9.17) is 39.6 Å². The maximum absolute atomic E-state index is 12.7. The molecule has 4 N–H and O–H groups in total. The Balaban J connectivity index is 3.25. The van der Waals surface area contributed by atoms with E-state index in [2.05, 4.69) is 10.5 Å². The lowest BCUT2D eigenvalue weighted by Gasteiger charge is -2.12. The van der Waals surface area contributed by atoms with Gasteiger partial charge in [0, 0.05) is 5.02 Å². The normalized spacial score (nSPS) is 11.9. The molecular formula is C10H6Cl2F3N5. The number of nitrogens with zero attached hydrogens (tertiary/aromatic N) is 2. The highest BCUT2D eigenvalue weighted by molar-refractivity contribution is 6.46. The SMILES string of the molecule is N#C/C(=N\Nc1cc(Cl)cc(C(F)(F)F)c1Cl)C(=N)N. The van der Waals surface area contributed by atoms with Gasteiger partial charge in [0.25, 0.3) is 0 Å². The van der Waals surface area contributed by atoms with Crippen LogP contribution in [-0.4, -0.2) is 11.5 Å². The molecule has 1 aromatic carbocycles. The van der Waals surface area contributed by atoms with Crippen molar-refractivity contribution in [3.05, 3.63) is 27.7 Å². The van der Waals surface area contributed by atoms with Crippen LogP contribution in [0.1, 0.15) is 5.56 Å². The number of nitriles is 1. The number of hydrogen-bond acceptors (Lipinski definition) is 4. The third-order valence-corrected chi connectivity index (χ3v) is 2.62. The Labute approximate surface area is 121 Å². The fourth-order valence-electron chi connectivity index (χ4n) is 1.14. The number of anilines is 1. The van der Waals surface area contributed by atoms with E-state index in [0.717, 1.165) is 6.07 Å². The molecule has 0 amide bonds. The van der Waals surface area contributed by atoms with Gasteiger partial charge in [-0.25, -0.2) is 0 Å². The molecule has 106 valence electrons. The number of nitrogens with one attached hydrogen (secondary N) is 2. The predicted octanol–water partition coefficient (Wildman–Crippen LogP) is 3.24. The van der Waals surface area contributed by atoms with Crippen LogP contribution in [0.15, 0.2) is 17.2 Å². The van der Waals surface area contributed by atoms with Gasteiger partial charge in [0.15, 0.2) is 5.84 Å². The summed E-state index contributed by atoms with van der Waals surface area (Å²) in [5, 5.41) is 18.1. The van der Waals surface area contributed by atoms with Gasteiger partial charge in [-0.1, -0.05) is 23.2 Å². The van der Waals surface area contributed by atoms with Crippen molar-refractivity contribution in [3.63, 3.8) is 0 Å². The van der Waals surface area contributed by atoms with Crippen molar-refractivity contribution < 1.29 is 13.2 Å². The third-order valence-electron chi connectivity index (χ3n) is 1.99. The lowest BCUT2D eigenvalue weighted by Crippen LogP contribution is -2.22. The van der Waals surface area contributed by atoms with Crippen LogP contribution in [0.2, 0.25) is 10.0 Å². The summed E-state index contributed by atoms with van der Waals surface area (Å²) in [5.74, 6) is -0.644. The fourth-order valence-corrected chi connectivity index (χ4v) is 1.62. The fraction of sp³-hybridized carbons (Fsp3) is 0.100. The van der Waals surface area contributed by atoms with Gasteiger partial charge in [0.05, 0.1) is 16.3 Å². The first-order valence-corrected chi connectivity index (χ1v) is 5.57. The van der Waals surface area contributed by atoms with Crippen LogP contribution >= 0.6 is 23.2 Å². The van der Waals surface area contributed by atoms with Gasteiger partial charge in [-0.3, -0.25) is 10.8 Å². The van der Waals surface area contributed by atoms with Crippen LogP contribution in [0, 0.1) is 16.7 Å². The van der Waals surface area contributed by atoms with Gasteiger partial charge < -0.3 is 5.73 Å². The zero-order valence-electron chi connectivity index (χ0n) is 9.52. The average Bonchev–Trinajstić information content (AvgIpc) is 2.31. The smallest absolute Gasteiger partial charge is 0.382 e. The molecule has 0 aliphatic rings. The Hall–Kier alpha value is -1.98. The van der Waals surface area contributed by atoms with Crippen LogP contribution in [0.5, 0.6) is 0 Å². The van der Waals surface area contributed by atoms with E-state index < -0.39 is 28.3 Å². The van der Waals surface area contributed by atoms with Crippen LogP contribution in [-0.2, 0) is 6.18 Å². The zero-order valence-corrected chi connectivity index (χ0v) is 11.0. The van der Waals surface area contributed by atoms with Crippen molar-refractivity contribution in [1.82, 2.24) is 0 Å². The van der Waals surface area contributed by atoms with Crippen LogP contribution in [0.4, 0.5) is 18.9 Å². The van der Waals surface area contributed by atoms with Crippen molar-refractivity contribution in [3.8, 4) is 6.07 Å². The Morgan fingerprint density at radius 3 is 2.45 bits per heavy atom. The maximum atomic E-state index is 12.7. The van der Waals surface area contributed by atoms with E-state index >= 15 is 0 Å². The van der Waals surface area contributed by atoms with Crippen molar-refractivity contribution in [2.75, 3.05) is 5.43 Å². The number of amidine groups is 1. The van der Waals surface area contributed by atoms with Crippen LogP contribution in [0.3, 0.4) is 0 Å². The summed E-state index contributed by atoms with van der Waals surface area (Å²) in [7, 11) is 0. The van der Waals surface area contributed by atoms with E-state index in [9.17, 15) is 13.2 Å². The minimum Gasteiger partial charge on any atom is -0.382 e. The first-order chi connectivity index (χ1) is 9.16. The van der Waals surface area contributed by atoms with E-state index in [1.54, 1.807) is 0 Å². The first-order valence-electron chi connectivity index (χ1n) is 4.81. The molecule has 0 radical (unpaired) electrons. The summed E-state index contributed by atoms with van der Waals surface area (Å²) >= 11 is 11.2. The third kappa shape index (κ3) is 3.76. The molecule has 0 heterocycles. The Morgan fingerprint density at radius 1 is 1.40 bits per heavy atom. The molecule has 20 heavy (non-hydrogen) atoms. The van der Waals surface area contributed by atoms with Gasteiger partial charge in [0.2, 0.25) is 5.71 Å². The topological polar surface area (TPSA) is 98.0 Å². The summed E-state index contributed by atoms with van der Waals surface area (Å²) in [6.45, 7) is 0. The predicted molar refractivity (Wildman–Crippen MR) is 70.0 cm³/mol. The second-order valence-electron chi connectivity index (χ2n) is 3.41. The lowest BCUT2D eigenvalue weighted by atomic mass is 10.2. The molecular weight excluding hydrogens is 318 g/mol. The molecule has 1 rings (SSSR count). The summed E-state index contributed by atoms with van der Waals surface area (Å²) in [5.41, 5.74) is 5.24. The summed E-state index contributed by atoms with van der Waals surface area (Å²) < 4.78 is 38.1. The number of halogens is 5. The highest BCUT2D eigenvalue weighted by Gasteiger charge is 2.34. The average molecular weight is 324 g/mol. The highest BCUT2D eigenvalue weighted by atomic mass is 35.5. The van der Waals surface area contributed by atoms with E-state index in [1.807, 2.05) is 0 Å². The van der Waals surface area contributed by atoms with Crippen molar-refractivity contribution >= 4 is 40.4 Å². The second-order valence-corrected chi connectivity index (χ2v) is 4.22. The van der Waals surface area contributed by atoms with Crippen LogP contribution in [0.25, 0.3) is 0 Å². The molecule has 0 unspecified atom stereocenters.